The maximum Gasteiger partial charge on any atom is 0.410 e. The lowest BCUT2D eigenvalue weighted by molar-refractivity contribution is 0.0239. The van der Waals surface area contributed by atoms with Crippen molar-refractivity contribution in [2.45, 2.75) is 77.6 Å². The van der Waals surface area contributed by atoms with E-state index in [-0.39, 0.29) is 30.3 Å². The number of hydrogen-bond donors (Lipinski definition) is 1. The zero-order valence-electron chi connectivity index (χ0n) is 11.5. The van der Waals surface area contributed by atoms with Gasteiger partial charge >= 0.3 is 6.09 Å². The maximum atomic E-state index is 12.1. The highest BCUT2D eigenvalue weighted by molar-refractivity contribution is 5.69. The molecule has 1 rings (SSSR count). The molecule has 4 nitrogen and oxygen atoms in total. The summed E-state index contributed by atoms with van der Waals surface area (Å²) in [5.41, 5.74) is 6.05. The first-order valence-corrected chi connectivity index (χ1v) is 6.74. The second-order valence-corrected chi connectivity index (χ2v) is 5.20. The van der Waals surface area contributed by atoms with Crippen LogP contribution in [-0.2, 0) is 4.74 Å². The van der Waals surface area contributed by atoms with Crippen molar-refractivity contribution in [3.63, 3.8) is 0 Å². The minimum Gasteiger partial charge on any atom is -0.447 e. The third-order valence-electron chi connectivity index (χ3n) is 3.43. The molecule has 0 saturated carbocycles. The molecule has 2 unspecified atom stereocenters. The van der Waals surface area contributed by atoms with Crippen molar-refractivity contribution in [2.75, 3.05) is 0 Å². The molecule has 0 aromatic rings. The van der Waals surface area contributed by atoms with E-state index in [9.17, 15) is 4.79 Å². The molecule has 2 N–H and O–H groups in total. The summed E-state index contributed by atoms with van der Waals surface area (Å²) in [6, 6.07) is 0.679. The average Bonchev–Trinajstić information content (AvgIpc) is 2.26. The lowest BCUT2D eigenvalue weighted by Gasteiger charge is -2.43. The number of hydrogen-bond acceptors (Lipinski definition) is 3. The van der Waals surface area contributed by atoms with Crippen LogP contribution in [0.1, 0.15) is 53.4 Å². The topological polar surface area (TPSA) is 55.6 Å². The molecule has 1 amide bonds. The van der Waals surface area contributed by atoms with Gasteiger partial charge in [0.15, 0.2) is 0 Å². The van der Waals surface area contributed by atoms with E-state index in [2.05, 4.69) is 13.8 Å². The van der Waals surface area contributed by atoms with E-state index in [0.717, 1.165) is 25.7 Å². The first-order chi connectivity index (χ1) is 7.99. The van der Waals surface area contributed by atoms with Crippen molar-refractivity contribution in [2.24, 2.45) is 5.73 Å². The van der Waals surface area contributed by atoms with Gasteiger partial charge in [-0.25, -0.2) is 4.79 Å². The number of piperidine rings is 1. The van der Waals surface area contributed by atoms with E-state index in [1.54, 1.807) is 0 Å². The normalized spacial score (nSPS) is 29.5. The molecule has 4 heteroatoms. The first-order valence-electron chi connectivity index (χ1n) is 6.74. The molecule has 1 saturated heterocycles. The molecule has 0 bridgehead atoms. The predicted octanol–water partition coefficient (Wildman–Crippen LogP) is 2.51. The quantitative estimate of drug-likeness (QED) is 0.827. The molecule has 100 valence electrons. The third kappa shape index (κ3) is 3.60. The van der Waals surface area contributed by atoms with Gasteiger partial charge in [-0.05, 0) is 39.5 Å². The largest absolute Gasteiger partial charge is 0.447 e. The van der Waals surface area contributed by atoms with Gasteiger partial charge in [0.25, 0.3) is 0 Å². The minimum atomic E-state index is -0.175. The predicted molar refractivity (Wildman–Crippen MR) is 68.8 cm³/mol. The Bertz CT molecular complexity index is 242. The summed E-state index contributed by atoms with van der Waals surface area (Å²) in [5.74, 6) is 0. The second-order valence-electron chi connectivity index (χ2n) is 5.20. The van der Waals surface area contributed by atoms with Crippen molar-refractivity contribution in [3.8, 4) is 0 Å². The maximum absolute atomic E-state index is 12.1. The van der Waals surface area contributed by atoms with Crippen LogP contribution in [0.25, 0.3) is 0 Å². The number of rotatable bonds is 3. The molecular formula is C13H26N2O2. The van der Waals surface area contributed by atoms with Crippen LogP contribution in [0.4, 0.5) is 4.79 Å². The molecule has 1 heterocycles. The van der Waals surface area contributed by atoms with Gasteiger partial charge in [-0.2, -0.15) is 0 Å². The Hall–Kier alpha value is -0.770. The van der Waals surface area contributed by atoms with Crippen LogP contribution >= 0.6 is 0 Å². The molecule has 1 aliphatic rings. The van der Waals surface area contributed by atoms with Gasteiger partial charge in [0.2, 0.25) is 0 Å². The summed E-state index contributed by atoms with van der Waals surface area (Å²) >= 11 is 0. The summed E-state index contributed by atoms with van der Waals surface area (Å²) in [6.07, 6.45) is 3.42. The van der Waals surface area contributed by atoms with Crippen LogP contribution in [0, 0.1) is 0 Å². The van der Waals surface area contributed by atoms with Gasteiger partial charge in [-0.15, -0.1) is 0 Å². The van der Waals surface area contributed by atoms with Crippen molar-refractivity contribution >= 4 is 6.09 Å². The van der Waals surface area contributed by atoms with Gasteiger partial charge in [-0.3, -0.25) is 0 Å². The molecule has 3 atom stereocenters. The minimum absolute atomic E-state index is 0.0619. The van der Waals surface area contributed by atoms with E-state index in [4.69, 9.17) is 10.5 Å². The van der Waals surface area contributed by atoms with E-state index >= 15 is 0 Å². The second kappa shape index (κ2) is 6.24. The Morgan fingerprint density at radius 2 is 1.76 bits per heavy atom. The van der Waals surface area contributed by atoms with Gasteiger partial charge in [0.05, 0.1) is 6.10 Å². The fourth-order valence-electron chi connectivity index (χ4n) is 2.61. The van der Waals surface area contributed by atoms with Crippen molar-refractivity contribution in [1.82, 2.24) is 4.90 Å². The number of carbonyl (C=O) groups is 1. The SMILES string of the molecule is CCC1CC(N)C[C@@H](CC)N1C(=O)OC(C)C. The molecule has 0 aliphatic carbocycles. The van der Waals surface area contributed by atoms with Gasteiger partial charge in [0.1, 0.15) is 0 Å². The lowest BCUT2D eigenvalue weighted by atomic mass is 9.89. The van der Waals surface area contributed by atoms with Crippen molar-refractivity contribution in [3.05, 3.63) is 0 Å². The molecule has 1 fully saturated rings. The summed E-state index contributed by atoms with van der Waals surface area (Å²) in [4.78, 5) is 14.0. The highest BCUT2D eigenvalue weighted by Gasteiger charge is 2.36. The average molecular weight is 242 g/mol. The Morgan fingerprint density at radius 3 is 2.12 bits per heavy atom. The first kappa shape index (κ1) is 14.3. The zero-order chi connectivity index (χ0) is 13.0. The Kier molecular flexibility index (Phi) is 5.25. The Balaban J connectivity index is 2.78. The molecule has 0 spiro atoms. The molecule has 0 aromatic carbocycles. The number of carbonyl (C=O) groups excluding carboxylic acids is 1. The van der Waals surface area contributed by atoms with Crippen LogP contribution in [0.2, 0.25) is 0 Å². The van der Waals surface area contributed by atoms with Gasteiger partial charge in [0, 0.05) is 18.1 Å². The van der Waals surface area contributed by atoms with Gasteiger partial charge in [-0.1, -0.05) is 13.8 Å². The van der Waals surface area contributed by atoms with E-state index in [1.165, 1.54) is 0 Å². The van der Waals surface area contributed by atoms with Gasteiger partial charge < -0.3 is 15.4 Å². The Morgan fingerprint density at radius 1 is 1.29 bits per heavy atom. The molecule has 0 aromatic heterocycles. The van der Waals surface area contributed by atoms with Crippen LogP contribution in [-0.4, -0.2) is 35.2 Å². The number of likely N-dealkylation sites (tertiary alicyclic amines) is 1. The summed E-state index contributed by atoms with van der Waals surface area (Å²) in [7, 11) is 0. The molecule has 1 aliphatic heterocycles. The number of ether oxygens (including phenoxy) is 1. The third-order valence-corrected chi connectivity index (χ3v) is 3.43. The monoisotopic (exact) mass is 242 g/mol. The van der Waals surface area contributed by atoms with E-state index in [0.29, 0.717) is 0 Å². The van der Waals surface area contributed by atoms with Crippen molar-refractivity contribution in [1.29, 1.82) is 0 Å². The van der Waals surface area contributed by atoms with E-state index in [1.807, 2.05) is 18.7 Å². The van der Waals surface area contributed by atoms with Crippen LogP contribution in [0.3, 0.4) is 0 Å². The molecular weight excluding hydrogens is 216 g/mol. The van der Waals surface area contributed by atoms with Crippen LogP contribution in [0.15, 0.2) is 0 Å². The standard InChI is InChI=1S/C13H26N2O2/c1-5-11-7-10(14)8-12(6-2)15(11)13(16)17-9(3)4/h9-12H,5-8,14H2,1-4H3/t10?,11-,12?/m1/s1. The van der Waals surface area contributed by atoms with Crippen molar-refractivity contribution < 1.29 is 9.53 Å². The number of amides is 1. The zero-order valence-corrected chi connectivity index (χ0v) is 11.5. The highest BCUT2D eigenvalue weighted by atomic mass is 16.6. The van der Waals surface area contributed by atoms with Crippen LogP contribution < -0.4 is 5.73 Å². The highest BCUT2D eigenvalue weighted by Crippen LogP contribution is 2.27. The summed E-state index contributed by atoms with van der Waals surface area (Å²) in [5, 5.41) is 0. The smallest absolute Gasteiger partial charge is 0.410 e. The fourth-order valence-corrected chi connectivity index (χ4v) is 2.61. The Labute approximate surface area is 104 Å². The molecule has 0 radical (unpaired) electrons. The van der Waals surface area contributed by atoms with Crippen LogP contribution in [0.5, 0.6) is 0 Å². The fraction of sp³-hybridized carbons (Fsp3) is 0.923. The summed E-state index contributed by atoms with van der Waals surface area (Å²) in [6.45, 7) is 7.97. The number of nitrogens with zero attached hydrogens (tertiary/aromatic N) is 1. The summed E-state index contributed by atoms with van der Waals surface area (Å²) < 4.78 is 5.34. The van der Waals surface area contributed by atoms with E-state index < -0.39 is 0 Å². The lowest BCUT2D eigenvalue weighted by Crippen LogP contribution is -2.55. The number of nitrogens with two attached hydrogens (primary N) is 1. The molecule has 17 heavy (non-hydrogen) atoms.